The van der Waals surface area contributed by atoms with Crippen molar-refractivity contribution in [1.82, 2.24) is 4.72 Å². The Balaban J connectivity index is 2.04. The first-order valence-corrected chi connectivity index (χ1v) is 9.53. The van der Waals surface area contributed by atoms with Crippen molar-refractivity contribution in [2.45, 2.75) is 24.2 Å². The van der Waals surface area contributed by atoms with Crippen LogP contribution >= 0.6 is 46.1 Å². The maximum absolute atomic E-state index is 12.1. The van der Waals surface area contributed by atoms with Gasteiger partial charge in [0.25, 0.3) is 0 Å². The second-order valence-electron chi connectivity index (χ2n) is 4.65. The highest BCUT2D eigenvalue weighted by Crippen LogP contribution is 2.35. The molecule has 1 heterocycles. The van der Waals surface area contributed by atoms with Crippen molar-refractivity contribution in [1.29, 1.82) is 0 Å². The van der Waals surface area contributed by atoms with Gasteiger partial charge in [0.05, 0.1) is 4.34 Å². The molecule has 2 atom stereocenters. The minimum Gasteiger partial charge on any atom is -0.211 e. The van der Waals surface area contributed by atoms with Crippen LogP contribution in [-0.4, -0.2) is 20.8 Å². The lowest BCUT2D eigenvalue weighted by Crippen LogP contribution is -2.31. The van der Waals surface area contributed by atoms with Gasteiger partial charge in [0.15, 0.2) is 0 Å². The van der Waals surface area contributed by atoms with E-state index in [4.69, 9.17) is 34.8 Å². The molecule has 1 fully saturated rings. The van der Waals surface area contributed by atoms with Crippen LogP contribution in [0.4, 0.5) is 0 Å². The maximum atomic E-state index is 12.1. The van der Waals surface area contributed by atoms with Crippen LogP contribution in [0.2, 0.25) is 8.67 Å². The molecule has 1 saturated carbocycles. The highest BCUT2D eigenvalue weighted by atomic mass is 35.5. The Kier molecular flexibility index (Phi) is 5.42. The Morgan fingerprint density at radius 3 is 2.58 bits per heavy atom. The van der Waals surface area contributed by atoms with Crippen molar-refractivity contribution in [2.75, 3.05) is 12.4 Å². The zero-order valence-electron chi connectivity index (χ0n) is 10.0. The summed E-state index contributed by atoms with van der Waals surface area (Å²) in [4.78, 5) is 0.0598. The molecular weight excluding hydrogens is 349 g/mol. The van der Waals surface area contributed by atoms with Gasteiger partial charge in [-0.2, -0.15) is 0 Å². The molecule has 0 spiro atoms. The lowest BCUT2D eigenvalue weighted by molar-refractivity contribution is 0.418. The van der Waals surface area contributed by atoms with Crippen LogP contribution < -0.4 is 4.72 Å². The van der Waals surface area contributed by atoms with E-state index in [9.17, 15) is 8.42 Å². The number of hydrogen-bond donors (Lipinski definition) is 1. The fourth-order valence-corrected chi connectivity index (χ4v) is 6.04. The number of hydrogen-bond acceptors (Lipinski definition) is 3. The molecule has 108 valence electrons. The van der Waals surface area contributed by atoms with Crippen molar-refractivity contribution in [3.63, 3.8) is 0 Å². The molecule has 0 bridgehead atoms. The smallest absolute Gasteiger partial charge is 0.211 e. The van der Waals surface area contributed by atoms with E-state index in [1.165, 1.54) is 6.07 Å². The summed E-state index contributed by atoms with van der Waals surface area (Å²) >= 11 is 18.6. The predicted octanol–water partition coefficient (Wildman–Crippen LogP) is 3.99. The topological polar surface area (TPSA) is 46.2 Å². The average molecular weight is 363 g/mol. The Labute approximate surface area is 132 Å². The van der Waals surface area contributed by atoms with Crippen molar-refractivity contribution >= 4 is 56.2 Å². The van der Waals surface area contributed by atoms with Crippen LogP contribution in [0.15, 0.2) is 11.0 Å². The molecule has 19 heavy (non-hydrogen) atoms. The normalized spacial score (nSPS) is 23.9. The quantitative estimate of drug-likeness (QED) is 0.805. The van der Waals surface area contributed by atoms with E-state index in [0.29, 0.717) is 28.6 Å². The van der Waals surface area contributed by atoms with E-state index < -0.39 is 10.0 Å². The molecular formula is C11H14Cl3NO2S2. The highest BCUT2D eigenvalue weighted by Gasteiger charge is 2.29. The van der Waals surface area contributed by atoms with Crippen molar-refractivity contribution in [3.05, 3.63) is 14.7 Å². The van der Waals surface area contributed by atoms with Gasteiger partial charge >= 0.3 is 0 Å². The number of rotatable bonds is 5. The SMILES string of the molecule is O=S(=O)(NCC1CCCC1CCl)c1cc(Cl)sc1Cl. The van der Waals surface area contributed by atoms with E-state index in [2.05, 4.69) is 4.72 Å². The summed E-state index contributed by atoms with van der Waals surface area (Å²) in [5.74, 6) is 1.28. The average Bonchev–Trinajstić information content (AvgIpc) is 2.93. The molecule has 0 saturated heterocycles. The fourth-order valence-electron chi connectivity index (χ4n) is 2.39. The molecule has 1 aliphatic rings. The second kappa shape index (κ2) is 6.50. The maximum Gasteiger partial charge on any atom is 0.242 e. The highest BCUT2D eigenvalue weighted by molar-refractivity contribution is 7.89. The van der Waals surface area contributed by atoms with Crippen LogP contribution in [0.3, 0.4) is 0 Å². The van der Waals surface area contributed by atoms with E-state index in [1.807, 2.05) is 0 Å². The first-order valence-electron chi connectivity index (χ1n) is 5.94. The summed E-state index contributed by atoms with van der Waals surface area (Å²) in [6.45, 7) is 0.406. The molecule has 2 rings (SSSR count). The first kappa shape index (κ1) is 15.9. The molecule has 0 radical (unpaired) electrons. The second-order valence-corrected chi connectivity index (χ2v) is 8.98. The minimum atomic E-state index is -3.59. The molecule has 1 N–H and O–H groups in total. The van der Waals surface area contributed by atoms with Gasteiger partial charge in [-0.15, -0.1) is 22.9 Å². The lowest BCUT2D eigenvalue weighted by atomic mass is 9.98. The largest absolute Gasteiger partial charge is 0.242 e. The van der Waals surface area contributed by atoms with E-state index in [0.717, 1.165) is 30.6 Å². The predicted molar refractivity (Wildman–Crippen MR) is 81.1 cm³/mol. The van der Waals surface area contributed by atoms with Crippen molar-refractivity contribution in [2.24, 2.45) is 11.8 Å². The van der Waals surface area contributed by atoms with Gasteiger partial charge in [-0.25, -0.2) is 13.1 Å². The third kappa shape index (κ3) is 3.77. The Morgan fingerprint density at radius 1 is 1.32 bits per heavy atom. The summed E-state index contributed by atoms with van der Waals surface area (Å²) < 4.78 is 27.4. The molecule has 1 aliphatic carbocycles. The van der Waals surface area contributed by atoms with Crippen LogP contribution in [0.5, 0.6) is 0 Å². The zero-order valence-corrected chi connectivity index (χ0v) is 13.9. The minimum absolute atomic E-state index is 0.0598. The standard InChI is InChI=1S/C11H14Cl3NO2S2/c12-5-7-2-1-3-8(7)6-15-19(16,17)9-4-10(13)18-11(9)14/h4,7-8,15H,1-3,5-6H2. The zero-order chi connectivity index (χ0) is 14.0. The Hall–Kier alpha value is 0.480. The molecule has 1 aromatic heterocycles. The number of thiophene rings is 1. The number of halogens is 3. The summed E-state index contributed by atoms with van der Waals surface area (Å²) in [6, 6.07) is 1.38. The van der Waals surface area contributed by atoms with Crippen LogP contribution in [0, 0.1) is 11.8 Å². The number of nitrogens with one attached hydrogen (secondary N) is 1. The third-order valence-electron chi connectivity index (χ3n) is 3.47. The summed E-state index contributed by atoms with van der Waals surface area (Å²) in [5, 5.41) is 0. The Bertz CT molecular complexity index is 544. The monoisotopic (exact) mass is 361 g/mol. The van der Waals surface area contributed by atoms with E-state index in [1.54, 1.807) is 0 Å². The fraction of sp³-hybridized carbons (Fsp3) is 0.636. The van der Waals surface area contributed by atoms with E-state index in [-0.39, 0.29) is 9.23 Å². The van der Waals surface area contributed by atoms with Crippen LogP contribution in [0.25, 0.3) is 0 Å². The lowest BCUT2D eigenvalue weighted by Gasteiger charge is -2.17. The molecule has 1 aromatic rings. The van der Waals surface area contributed by atoms with E-state index >= 15 is 0 Å². The summed E-state index contributed by atoms with van der Waals surface area (Å²) in [5.41, 5.74) is 0. The van der Waals surface area contributed by atoms with Gasteiger partial charge in [0.1, 0.15) is 9.23 Å². The van der Waals surface area contributed by atoms with Crippen LogP contribution in [0.1, 0.15) is 19.3 Å². The third-order valence-corrected chi connectivity index (χ3v) is 7.04. The molecule has 0 aromatic carbocycles. The van der Waals surface area contributed by atoms with Gasteiger partial charge < -0.3 is 0 Å². The van der Waals surface area contributed by atoms with Gasteiger partial charge in [0.2, 0.25) is 10.0 Å². The van der Waals surface area contributed by atoms with Crippen molar-refractivity contribution < 1.29 is 8.42 Å². The molecule has 8 heteroatoms. The van der Waals surface area contributed by atoms with Gasteiger partial charge in [0, 0.05) is 12.4 Å². The summed E-state index contributed by atoms with van der Waals surface area (Å²) in [7, 11) is -3.59. The molecule has 0 aliphatic heterocycles. The van der Waals surface area contributed by atoms with Gasteiger partial charge in [-0.05, 0) is 30.7 Å². The van der Waals surface area contributed by atoms with Gasteiger partial charge in [-0.3, -0.25) is 0 Å². The number of alkyl halides is 1. The molecule has 2 unspecified atom stereocenters. The summed E-state index contributed by atoms with van der Waals surface area (Å²) in [6.07, 6.45) is 3.19. The van der Waals surface area contributed by atoms with Crippen molar-refractivity contribution in [3.8, 4) is 0 Å². The van der Waals surface area contributed by atoms with Crippen LogP contribution in [-0.2, 0) is 10.0 Å². The molecule has 0 amide bonds. The molecule has 3 nitrogen and oxygen atoms in total. The number of sulfonamides is 1. The first-order chi connectivity index (χ1) is 8.94. The Morgan fingerprint density at radius 2 is 2.00 bits per heavy atom. The van der Waals surface area contributed by atoms with Gasteiger partial charge in [-0.1, -0.05) is 29.6 Å².